The summed E-state index contributed by atoms with van der Waals surface area (Å²) in [5.74, 6) is -0.933. The molecule has 0 spiro atoms. The molecule has 8 nitrogen and oxygen atoms in total. The fourth-order valence-corrected chi connectivity index (χ4v) is 5.82. The van der Waals surface area contributed by atoms with E-state index in [2.05, 4.69) is 19.4 Å². The van der Waals surface area contributed by atoms with Gasteiger partial charge in [-0.3, -0.25) is 9.78 Å². The number of nitriles is 1. The van der Waals surface area contributed by atoms with Crippen molar-refractivity contribution >= 4 is 28.5 Å². The fraction of sp³-hybridized carbons (Fsp3) is 0.231. The van der Waals surface area contributed by atoms with Gasteiger partial charge in [0.25, 0.3) is 0 Å². The number of nitrogens with zero attached hydrogens (tertiary/aromatic N) is 7. The number of hydrogen-bond acceptors (Lipinski definition) is 8. The molecule has 0 N–H and O–H groups in total. The van der Waals surface area contributed by atoms with Crippen LogP contribution in [0, 0.1) is 22.6 Å². The smallest absolute Gasteiger partial charge is 0.345 e. The maximum Gasteiger partial charge on any atom is 0.416 e. The van der Waals surface area contributed by atoms with Gasteiger partial charge in [-0.1, -0.05) is 5.57 Å². The van der Waals surface area contributed by atoms with E-state index in [0.717, 1.165) is 35.4 Å². The van der Waals surface area contributed by atoms with Gasteiger partial charge in [-0.25, -0.2) is 9.07 Å². The van der Waals surface area contributed by atoms with Crippen LogP contribution in [0.25, 0.3) is 11.8 Å². The average molecular weight is 552 g/mol. The predicted octanol–water partition coefficient (Wildman–Crippen LogP) is 4.87. The molecule has 0 bridgehead atoms. The van der Waals surface area contributed by atoms with Crippen LogP contribution in [-0.2, 0) is 12.6 Å². The highest BCUT2D eigenvalue weighted by atomic mass is 32.1. The number of piperidine rings is 1. The third kappa shape index (κ3) is 4.26. The summed E-state index contributed by atoms with van der Waals surface area (Å²) in [5, 5.41) is 14.1. The minimum atomic E-state index is -4.64. The van der Waals surface area contributed by atoms with Crippen LogP contribution in [0.4, 0.5) is 22.7 Å². The van der Waals surface area contributed by atoms with Crippen molar-refractivity contribution in [2.75, 3.05) is 18.0 Å². The minimum Gasteiger partial charge on any atom is -0.345 e. The van der Waals surface area contributed by atoms with Crippen LogP contribution < -0.4 is 4.90 Å². The summed E-state index contributed by atoms with van der Waals surface area (Å²) >= 11 is 1.02. The largest absolute Gasteiger partial charge is 0.416 e. The summed E-state index contributed by atoms with van der Waals surface area (Å²) in [7, 11) is 0. The van der Waals surface area contributed by atoms with Gasteiger partial charge in [0.05, 0.1) is 28.6 Å². The summed E-state index contributed by atoms with van der Waals surface area (Å²) in [6.45, 7) is 0.563. The highest BCUT2D eigenvalue weighted by Gasteiger charge is 2.50. The zero-order valence-electron chi connectivity index (χ0n) is 20.0. The van der Waals surface area contributed by atoms with Crippen LogP contribution in [0.5, 0.6) is 0 Å². The second-order valence-electron chi connectivity index (χ2n) is 9.31. The molecule has 6 rings (SSSR count). The normalized spacial score (nSPS) is 18.6. The standard InChI is InChI=1S/C26H17F4N7OS/c27-18-1-3-19(4-2-18)37-21-10-16-6-8-36(24-34-22(12-31)35-39-24)14-25(16,11-15(21)13-33-37)23(38)20-9-17(5-7-32-20)26(28,29)30/h1-5,7,9-10,13H,6,8,11,14H2/t25-/m0/s1. The first kappa shape index (κ1) is 24.9. The number of pyridine rings is 1. The fourth-order valence-electron chi connectivity index (χ4n) is 5.17. The van der Waals surface area contributed by atoms with Crippen molar-refractivity contribution in [2.24, 2.45) is 5.41 Å². The molecule has 1 aliphatic carbocycles. The Morgan fingerprint density at radius 2 is 1.97 bits per heavy atom. The molecule has 4 aromatic rings. The summed E-state index contributed by atoms with van der Waals surface area (Å²) in [6.07, 6.45) is 0.370. The number of hydrogen-bond donors (Lipinski definition) is 0. The Morgan fingerprint density at radius 3 is 2.69 bits per heavy atom. The van der Waals surface area contributed by atoms with Gasteiger partial charge in [-0.15, -0.1) is 0 Å². The number of rotatable bonds is 4. The van der Waals surface area contributed by atoms with Crippen molar-refractivity contribution in [1.82, 2.24) is 24.1 Å². The molecule has 13 heteroatoms. The van der Waals surface area contributed by atoms with Crippen molar-refractivity contribution in [1.29, 1.82) is 5.26 Å². The van der Waals surface area contributed by atoms with Gasteiger partial charge < -0.3 is 4.90 Å². The van der Waals surface area contributed by atoms with E-state index in [1.165, 1.54) is 12.1 Å². The molecule has 1 aliphatic heterocycles. The number of carbonyl (C=O) groups is 1. The van der Waals surface area contributed by atoms with Crippen LogP contribution in [0.1, 0.15) is 39.6 Å². The van der Waals surface area contributed by atoms with E-state index >= 15 is 0 Å². The molecule has 1 saturated heterocycles. The molecule has 1 fully saturated rings. The minimum absolute atomic E-state index is 0.00256. The quantitative estimate of drug-likeness (QED) is 0.264. The number of halogens is 4. The van der Waals surface area contributed by atoms with Gasteiger partial charge in [0.1, 0.15) is 17.6 Å². The Morgan fingerprint density at radius 1 is 1.18 bits per heavy atom. The van der Waals surface area contributed by atoms with E-state index in [1.54, 1.807) is 23.0 Å². The molecular weight excluding hydrogens is 534 g/mol. The number of benzene rings is 1. The molecular formula is C26H17F4N7OS. The van der Waals surface area contributed by atoms with Crippen LogP contribution >= 0.6 is 11.5 Å². The SMILES string of the molecule is N#Cc1nsc(N2CCC3=Cc4c(cnn4-c4ccc(F)cc4)C[C@]3(C(=O)c3cc(C(F)(F)F)ccn3)C2)n1. The Kier molecular flexibility index (Phi) is 5.80. The van der Waals surface area contributed by atoms with E-state index in [-0.39, 0.29) is 30.3 Å². The maximum absolute atomic E-state index is 14.1. The van der Waals surface area contributed by atoms with E-state index in [4.69, 9.17) is 5.26 Å². The number of carbonyl (C=O) groups excluding carboxylic acids is 1. The molecule has 3 aromatic heterocycles. The molecule has 0 unspecified atom stereocenters. The van der Waals surface area contributed by atoms with Crippen molar-refractivity contribution in [3.63, 3.8) is 0 Å². The Labute approximate surface area is 223 Å². The average Bonchev–Trinajstić information content (AvgIpc) is 3.58. The second kappa shape index (κ2) is 9.09. The number of ketones is 1. The first-order valence-electron chi connectivity index (χ1n) is 11.8. The lowest BCUT2D eigenvalue weighted by Gasteiger charge is -2.45. The molecule has 0 saturated carbocycles. The van der Waals surface area contributed by atoms with Gasteiger partial charge >= 0.3 is 6.18 Å². The summed E-state index contributed by atoms with van der Waals surface area (Å²) < 4.78 is 59.6. The van der Waals surface area contributed by atoms with Crippen molar-refractivity contribution in [3.8, 4) is 11.8 Å². The van der Waals surface area contributed by atoms with E-state index in [9.17, 15) is 22.4 Å². The topological polar surface area (TPSA) is 101 Å². The van der Waals surface area contributed by atoms with Gasteiger partial charge in [-0.05, 0) is 60.9 Å². The molecule has 1 atom stereocenters. The van der Waals surface area contributed by atoms with Gasteiger partial charge in [0.2, 0.25) is 11.0 Å². The molecule has 0 amide bonds. The Hall–Kier alpha value is -4.44. The molecule has 0 radical (unpaired) electrons. The van der Waals surface area contributed by atoms with Gasteiger partial charge in [0.15, 0.2) is 5.78 Å². The Bertz CT molecular complexity index is 1670. The number of anilines is 1. The number of fused-ring (bicyclic) bond motifs is 2. The summed E-state index contributed by atoms with van der Waals surface area (Å²) in [4.78, 5) is 24.2. The van der Waals surface area contributed by atoms with Crippen molar-refractivity contribution in [3.05, 3.63) is 88.5 Å². The van der Waals surface area contributed by atoms with Gasteiger partial charge in [-0.2, -0.15) is 32.9 Å². The molecule has 1 aromatic carbocycles. The number of Topliss-reactive ketones (excluding diaryl/α,β-unsaturated/α-hetero) is 1. The third-order valence-corrected chi connectivity index (χ3v) is 7.80. The Balaban J connectivity index is 1.46. The highest BCUT2D eigenvalue weighted by Crippen LogP contribution is 2.47. The van der Waals surface area contributed by atoms with E-state index in [1.807, 2.05) is 17.0 Å². The van der Waals surface area contributed by atoms with Crippen LogP contribution in [0.15, 0.2) is 54.4 Å². The first-order chi connectivity index (χ1) is 18.7. The number of aromatic nitrogens is 5. The van der Waals surface area contributed by atoms with Crippen LogP contribution in [-0.4, -0.2) is 43.0 Å². The summed E-state index contributed by atoms with van der Waals surface area (Å²) in [6, 6.07) is 9.32. The zero-order valence-corrected chi connectivity index (χ0v) is 20.8. The number of alkyl halides is 3. The maximum atomic E-state index is 14.1. The molecule has 39 heavy (non-hydrogen) atoms. The van der Waals surface area contributed by atoms with Crippen LogP contribution in [0.2, 0.25) is 0 Å². The van der Waals surface area contributed by atoms with Crippen LogP contribution in [0.3, 0.4) is 0 Å². The predicted molar refractivity (Wildman–Crippen MR) is 133 cm³/mol. The van der Waals surface area contributed by atoms with Gasteiger partial charge in [0, 0.05) is 30.8 Å². The lowest BCUT2D eigenvalue weighted by atomic mass is 9.65. The van der Waals surface area contributed by atoms with Crippen molar-refractivity contribution in [2.45, 2.75) is 19.0 Å². The zero-order chi connectivity index (χ0) is 27.4. The summed E-state index contributed by atoms with van der Waals surface area (Å²) in [5.41, 5.74) is 0.277. The monoisotopic (exact) mass is 551 g/mol. The van der Waals surface area contributed by atoms with Crippen molar-refractivity contribution < 1.29 is 22.4 Å². The molecule has 2 aliphatic rings. The third-order valence-electron chi connectivity index (χ3n) is 7.03. The van der Waals surface area contributed by atoms with E-state index in [0.29, 0.717) is 35.0 Å². The molecule has 4 heterocycles. The highest BCUT2D eigenvalue weighted by molar-refractivity contribution is 7.09. The first-order valence-corrected chi connectivity index (χ1v) is 12.6. The van der Waals surface area contributed by atoms with E-state index < -0.39 is 22.9 Å². The second-order valence-corrected chi connectivity index (χ2v) is 10.0. The lowest BCUT2D eigenvalue weighted by molar-refractivity contribution is -0.137. The molecule has 196 valence electrons. The lowest BCUT2D eigenvalue weighted by Crippen LogP contribution is -2.52.